The third-order valence-electron chi connectivity index (χ3n) is 5.08. The highest BCUT2D eigenvalue weighted by Crippen LogP contribution is 2.29. The molecular weight excluding hydrogens is 392 g/mol. The number of rotatable bonds is 9. The molecule has 4 N–H and O–H groups in total. The second-order valence-electron chi connectivity index (χ2n) is 7.56. The number of phenolic OH excluding ortho intramolecular Hbond substituents is 2. The topological polar surface area (TPSA) is 134 Å². The molecule has 8 nitrogen and oxygen atoms in total. The first-order valence-corrected chi connectivity index (χ1v) is 10.2. The Hall–Kier alpha value is -2.58. The van der Waals surface area contributed by atoms with Gasteiger partial charge in [-0.05, 0) is 43.0 Å². The second-order valence-corrected chi connectivity index (χ2v) is 7.56. The SMILES string of the molecule is CCCCC(O)COC(=O)C1CC[C@@H](O)[C@H](OC(=O)/C=C/c2ccc(O)c(O)c2)C1. The molecule has 30 heavy (non-hydrogen) atoms. The molecule has 0 aromatic heterocycles. The van der Waals surface area contributed by atoms with Gasteiger partial charge in [-0.15, -0.1) is 0 Å². The molecule has 0 radical (unpaired) electrons. The van der Waals surface area contributed by atoms with Gasteiger partial charge in [0.2, 0.25) is 0 Å². The van der Waals surface area contributed by atoms with Gasteiger partial charge in [0, 0.05) is 12.5 Å². The van der Waals surface area contributed by atoms with Crippen LogP contribution in [0.1, 0.15) is 51.0 Å². The van der Waals surface area contributed by atoms with Crippen molar-refractivity contribution in [3.05, 3.63) is 29.8 Å². The summed E-state index contributed by atoms with van der Waals surface area (Å²) in [6.45, 7) is 1.95. The summed E-state index contributed by atoms with van der Waals surface area (Å²) >= 11 is 0. The van der Waals surface area contributed by atoms with Gasteiger partial charge in [-0.3, -0.25) is 4.79 Å². The zero-order valence-electron chi connectivity index (χ0n) is 17.1. The van der Waals surface area contributed by atoms with Crippen LogP contribution in [0.3, 0.4) is 0 Å². The quantitative estimate of drug-likeness (QED) is 0.271. The van der Waals surface area contributed by atoms with E-state index in [0.29, 0.717) is 24.8 Å². The molecular formula is C22H30O8. The second kappa shape index (κ2) is 11.6. The maximum absolute atomic E-state index is 12.3. The minimum Gasteiger partial charge on any atom is -0.504 e. The van der Waals surface area contributed by atoms with E-state index in [4.69, 9.17) is 9.47 Å². The van der Waals surface area contributed by atoms with Gasteiger partial charge in [0.25, 0.3) is 0 Å². The molecule has 0 bridgehead atoms. The zero-order chi connectivity index (χ0) is 22.1. The summed E-state index contributed by atoms with van der Waals surface area (Å²) in [5, 5.41) is 38.7. The monoisotopic (exact) mass is 422 g/mol. The van der Waals surface area contributed by atoms with Gasteiger partial charge in [-0.2, -0.15) is 0 Å². The van der Waals surface area contributed by atoms with Gasteiger partial charge in [0.15, 0.2) is 11.5 Å². The lowest BCUT2D eigenvalue weighted by molar-refractivity contribution is -0.163. The fourth-order valence-corrected chi connectivity index (χ4v) is 3.27. The fourth-order valence-electron chi connectivity index (χ4n) is 3.27. The summed E-state index contributed by atoms with van der Waals surface area (Å²) in [6.07, 6.45) is 3.36. The molecule has 8 heteroatoms. The highest BCUT2D eigenvalue weighted by Gasteiger charge is 2.36. The lowest BCUT2D eigenvalue weighted by Gasteiger charge is -2.31. The van der Waals surface area contributed by atoms with E-state index in [1.807, 2.05) is 6.92 Å². The average Bonchev–Trinajstić information content (AvgIpc) is 2.72. The van der Waals surface area contributed by atoms with Gasteiger partial charge < -0.3 is 29.9 Å². The van der Waals surface area contributed by atoms with Crippen LogP contribution in [-0.2, 0) is 19.1 Å². The fraction of sp³-hybridized carbons (Fsp3) is 0.545. The number of ether oxygens (including phenoxy) is 2. The largest absolute Gasteiger partial charge is 0.504 e. The maximum Gasteiger partial charge on any atom is 0.331 e. The van der Waals surface area contributed by atoms with Crippen LogP contribution in [0.25, 0.3) is 6.08 Å². The first-order valence-electron chi connectivity index (χ1n) is 10.2. The molecule has 2 unspecified atom stereocenters. The number of benzene rings is 1. The van der Waals surface area contributed by atoms with Crippen LogP contribution in [0.5, 0.6) is 11.5 Å². The van der Waals surface area contributed by atoms with Crippen molar-refractivity contribution in [1.29, 1.82) is 0 Å². The van der Waals surface area contributed by atoms with Crippen molar-refractivity contribution in [2.24, 2.45) is 5.92 Å². The van der Waals surface area contributed by atoms with E-state index in [9.17, 15) is 30.0 Å². The van der Waals surface area contributed by atoms with Crippen LogP contribution >= 0.6 is 0 Å². The summed E-state index contributed by atoms with van der Waals surface area (Å²) in [5.41, 5.74) is 0.481. The Labute approximate surface area is 175 Å². The van der Waals surface area contributed by atoms with Crippen molar-refractivity contribution < 1.29 is 39.5 Å². The Morgan fingerprint density at radius 2 is 2.00 bits per heavy atom. The molecule has 0 aliphatic heterocycles. The summed E-state index contributed by atoms with van der Waals surface area (Å²) in [7, 11) is 0. The van der Waals surface area contributed by atoms with Crippen molar-refractivity contribution in [1.82, 2.24) is 0 Å². The summed E-state index contributed by atoms with van der Waals surface area (Å²) in [5.74, 6) is -2.25. The first-order chi connectivity index (χ1) is 14.3. The molecule has 1 aliphatic rings. The smallest absolute Gasteiger partial charge is 0.331 e. The van der Waals surface area contributed by atoms with E-state index in [1.54, 1.807) is 0 Å². The molecule has 1 aliphatic carbocycles. The Balaban J connectivity index is 1.85. The van der Waals surface area contributed by atoms with Crippen LogP contribution in [0.4, 0.5) is 0 Å². The van der Waals surface area contributed by atoms with Gasteiger partial charge in [0.05, 0.1) is 18.1 Å². The van der Waals surface area contributed by atoms with Crippen LogP contribution < -0.4 is 0 Å². The molecule has 0 saturated heterocycles. The number of unbranched alkanes of at least 4 members (excludes halogenated alkanes) is 1. The number of aliphatic hydroxyl groups is 2. The lowest BCUT2D eigenvalue weighted by atomic mass is 9.85. The number of phenols is 2. The van der Waals surface area contributed by atoms with E-state index in [2.05, 4.69) is 0 Å². The number of hydrogen-bond donors (Lipinski definition) is 4. The summed E-state index contributed by atoms with van der Waals surface area (Å²) in [4.78, 5) is 24.4. The molecule has 1 fully saturated rings. The molecule has 0 spiro atoms. The number of hydrogen-bond acceptors (Lipinski definition) is 8. The van der Waals surface area contributed by atoms with Gasteiger partial charge >= 0.3 is 11.9 Å². The van der Waals surface area contributed by atoms with Gasteiger partial charge in [-0.1, -0.05) is 25.8 Å². The van der Waals surface area contributed by atoms with Crippen LogP contribution in [0.2, 0.25) is 0 Å². The number of carbonyl (C=O) groups is 2. The van der Waals surface area contributed by atoms with Gasteiger partial charge in [-0.25, -0.2) is 4.79 Å². The van der Waals surface area contributed by atoms with E-state index in [1.165, 1.54) is 24.3 Å². The van der Waals surface area contributed by atoms with Crippen molar-refractivity contribution in [2.45, 2.75) is 63.8 Å². The van der Waals surface area contributed by atoms with E-state index in [-0.39, 0.29) is 24.5 Å². The minimum absolute atomic E-state index is 0.0649. The van der Waals surface area contributed by atoms with Gasteiger partial charge in [0.1, 0.15) is 12.7 Å². The number of esters is 2. The van der Waals surface area contributed by atoms with Crippen molar-refractivity contribution >= 4 is 18.0 Å². The van der Waals surface area contributed by atoms with Crippen LogP contribution in [-0.4, -0.2) is 57.3 Å². The number of carbonyl (C=O) groups excluding carboxylic acids is 2. The predicted octanol–water partition coefficient (Wildman–Crippen LogP) is 2.28. The molecule has 1 saturated carbocycles. The first kappa shape index (κ1) is 23.7. The Kier molecular flexibility index (Phi) is 9.14. The summed E-state index contributed by atoms with van der Waals surface area (Å²) in [6, 6.07) is 4.09. The number of aliphatic hydroxyl groups excluding tert-OH is 2. The van der Waals surface area contributed by atoms with E-state index < -0.39 is 36.2 Å². The van der Waals surface area contributed by atoms with Crippen LogP contribution in [0, 0.1) is 5.92 Å². The average molecular weight is 422 g/mol. The van der Waals surface area contributed by atoms with E-state index in [0.717, 1.165) is 18.9 Å². The van der Waals surface area contributed by atoms with E-state index >= 15 is 0 Å². The lowest BCUT2D eigenvalue weighted by Crippen LogP contribution is -2.40. The highest BCUT2D eigenvalue weighted by molar-refractivity contribution is 5.87. The van der Waals surface area contributed by atoms with Crippen molar-refractivity contribution in [3.63, 3.8) is 0 Å². The standard InChI is InChI=1S/C22H30O8/c1-2-3-4-16(23)13-29-22(28)15-7-9-18(25)20(12-15)30-21(27)10-6-14-5-8-17(24)19(26)11-14/h5-6,8,10-11,15-16,18,20,23-26H,2-4,7,9,12-13H2,1H3/b10-6+/t15?,16?,18-,20-/m1/s1. The Bertz CT molecular complexity index is 745. The molecule has 0 amide bonds. The van der Waals surface area contributed by atoms with Crippen molar-refractivity contribution in [2.75, 3.05) is 6.61 Å². The molecule has 1 aromatic rings. The van der Waals surface area contributed by atoms with Crippen molar-refractivity contribution in [3.8, 4) is 11.5 Å². The predicted molar refractivity (Wildman–Crippen MR) is 109 cm³/mol. The molecule has 4 atom stereocenters. The zero-order valence-corrected chi connectivity index (χ0v) is 17.1. The minimum atomic E-state index is -0.876. The molecule has 0 heterocycles. The third kappa shape index (κ3) is 7.35. The molecule has 166 valence electrons. The highest BCUT2D eigenvalue weighted by atomic mass is 16.6. The van der Waals surface area contributed by atoms with Crippen LogP contribution in [0.15, 0.2) is 24.3 Å². The normalized spacial score (nSPS) is 22.6. The third-order valence-corrected chi connectivity index (χ3v) is 5.08. The Morgan fingerprint density at radius 1 is 1.23 bits per heavy atom. The molecule has 2 rings (SSSR count). The summed E-state index contributed by atoms with van der Waals surface area (Å²) < 4.78 is 10.5. The molecule has 1 aromatic carbocycles. The maximum atomic E-state index is 12.3. The number of aromatic hydroxyl groups is 2. The Morgan fingerprint density at radius 3 is 2.70 bits per heavy atom.